The minimum atomic E-state index is -4.41. The summed E-state index contributed by atoms with van der Waals surface area (Å²) in [6.07, 6.45) is 6.03. The van der Waals surface area contributed by atoms with E-state index in [-0.39, 0.29) is 57.3 Å². The molecule has 11 heteroatoms. The zero-order chi connectivity index (χ0) is 28.6. The van der Waals surface area contributed by atoms with Crippen LogP contribution < -0.4 is 5.32 Å². The first-order chi connectivity index (χ1) is 17.2. The molecule has 0 radical (unpaired) electrons. The molecule has 0 fully saturated rings. The predicted molar refractivity (Wildman–Crippen MR) is 147 cm³/mol. The average Bonchev–Trinajstić information content (AvgIpc) is 2.80. The number of carbonyl (C=O) groups excluding carboxylic acids is 3. The van der Waals surface area contributed by atoms with E-state index < -0.39 is 10.1 Å². The van der Waals surface area contributed by atoms with Crippen LogP contribution >= 0.6 is 0 Å². The Hall–Kier alpha value is -2.21. The van der Waals surface area contributed by atoms with Crippen molar-refractivity contribution in [3.63, 3.8) is 0 Å². The second-order valence-corrected chi connectivity index (χ2v) is 10.8. The van der Waals surface area contributed by atoms with Gasteiger partial charge in [-0.15, -0.1) is 0 Å². The lowest BCUT2D eigenvalue weighted by Crippen LogP contribution is -2.25. The summed E-state index contributed by atoms with van der Waals surface area (Å²) in [6.45, 7) is 8.65. The van der Waals surface area contributed by atoms with Crippen LogP contribution in [0.3, 0.4) is 0 Å². The molecule has 0 aliphatic heterocycles. The molecule has 0 spiro atoms. The van der Waals surface area contributed by atoms with Crippen LogP contribution in [0.1, 0.15) is 84.6 Å². The molecule has 0 bridgehead atoms. The van der Waals surface area contributed by atoms with Crippen LogP contribution in [0, 0.1) is 12.8 Å². The van der Waals surface area contributed by atoms with Crippen molar-refractivity contribution in [2.24, 2.45) is 5.92 Å². The van der Waals surface area contributed by atoms with Gasteiger partial charge in [-0.05, 0) is 65.2 Å². The molecule has 1 rings (SSSR count). The Morgan fingerprint density at radius 3 is 2.03 bits per heavy atom. The second kappa shape index (κ2) is 19.8. The highest BCUT2D eigenvalue weighted by Gasteiger charge is 2.21. The van der Waals surface area contributed by atoms with E-state index in [9.17, 15) is 27.4 Å². The summed E-state index contributed by atoms with van der Waals surface area (Å²) in [5, 5.41) is 2.56. The first-order valence-corrected chi connectivity index (χ1v) is 14.1. The molecule has 3 unspecified atom stereocenters. The molecule has 220 valence electrons. The van der Waals surface area contributed by atoms with Crippen molar-refractivity contribution in [1.29, 1.82) is 0 Å². The molecule has 0 saturated heterocycles. The normalized spacial score (nSPS) is 13.3. The van der Waals surface area contributed by atoms with Gasteiger partial charge in [-0.3, -0.25) is 23.6 Å². The molecule has 3 atom stereocenters. The zero-order valence-corrected chi connectivity index (χ0v) is 24.6. The maximum Gasteiger partial charge on any atom is 0.296 e. The molecule has 1 amide bonds. The van der Waals surface area contributed by atoms with Crippen molar-refractivity contribution in [2.45, 2.75) is 103 Å². The standard InChI is InChI=1S/C21H33NO6S.C6H12O2.FH/c1-15-12-13-19(20(14-15)29(25,26)27)22-21(24)11-9-7-5-6-8-10-18(16(2)23)17(3)28-4;1-5(7)4-6(2)8-3;/h12-14,17-18H,5-11H2,1-4H3,(H,22,24)(H,25,26,27);6H,4H2,1-3H3;1H. The summed E-state index contributed by atoms with van der Waals surface area (Å²) in [5.74, 6) is -0.0302. The summed E-state index contributed by atoms with van der Waals surface area (Å²) in [4.78, 5) is 33.8. The topological polar surface area (TPSA) is 136 Å². The number of aryl methyl sites for hydroxylation is 1. The highest BCUT2D eigenvalue weighted by atomic mass is 32.2. The average molecular weight is 564 g/mol. The monoisotopic (exact) mass is 563 g/mol. The molecule has 0 heterocycles. The van der Waals surface area contributed by atoms with E-state index in [4.69, 9.17) is 9.47 Å². The quantitative estimate of drug-likeness (QED) is 0.204. The molecule has 9 nitrogen and oxygen atoms in total. The minimum absolute atomic E-state index is 0. The van der Waals surface area contributed by atoms with Crippen molar-refractivity contribution < 1.29 is 41.5 Å². The van der Waals surface area contributed by atoms with Crippen LogP contribution in [0.15, 0.2) is 23.1 Å². The Balaban J connectivity index is 0. The third kappa shape index (κ3) is 16.6. The van der Waals surface area contributed by atoms with Crippen molar-refractivity contribution in [3.8, 4) is 0 Å². The Bertz CT molecular complexity index is 968. The van der Waals surface area contributed by atoms with E-state index >= 15 is 0 Å². The van der Waals surface area contributed by atoms with Gasteiger partial charge in [-0.25, -0.2) is 0 Å². The number of ketones is 2. The Morgan fingerprint density at radius 2 is 1.55 bits per heavy atom. The lowest BCUT2D eigenvalue weighted by molar-refractivity contribution is -0.125. The smallest absolute Gasteiger partial charge is 0.296 e. The van der Waals surface area contributed by atoms with Crippen molar-refractivity contribution >= 4 is 33.3 Å². The highest BCUT2D eigenvalue weighted by molar-refractivity contribution is 7.86. The number of halogens is 1. The van der Waals surface area contributed by atoms with Gasteiger partial charge in [0.25, 0.3) is 10.1 Å². The fourth-order valence-corrected chi connectivity index (χ4v) is 4.49. The van der Waals surface area contributed by atoms with E-state index in [0.717, 1.165) is 32.1 Å². The third-order valence-electron chi connectivity index (χ3n) is 6.05. The second-order valence-electron chi connectivity index (χ2n) is 9.44. The lowest BCUT2D eigenvalue weighted by Gasteiger charge is -2.20. The number of anilines is 1. The van der Waals surface area contributed by atoms with Crippen LogP contribution in [0.25, 0.3) is 0 Å². The van der Waals surface area contributed by atoms with Crippen molar-refractivity contribution in [2.75, 3.05) is 19.5 Å². The van der Waals surface area contributed by atoms with E-state index in [0.29, 0.717) is 18.4 Å². The summed E-state index contributed by atoms with van der Waals surface area (Å²) in [5.41, 5.74) is 0.758. The molecule has 1 aromatic rings. The van der Waals surface area contributed by atoms with E-state index in [1.54, 1.807) is 41.1 Å². The van der Waals surface area contributed by atoms with E-state index in [1.807, 2.05) is 13.8 Å². The number of methoxy groups -OCH3 is 2. The van der Waals surface area contributed by atoms with Crippen LogP contribution in [-0.4, -0.2) is 56.9 Å². The number of unbranched alkanes of at least 4 members (excludes halogenated alkanes) is 4. The number of nitrogens with one attached hydrogen (secondary N) is 1. The largest absolute Gasteiger partial charge is 0.381 e. The summed E-state index contributed by atoms with van der Waals surface area (Å²) >= 11 is 0. The molecule has 0 aliphatic rings. The maximum atomic E-state index is 12.1. The van der Waals surface area contributed by atoms with Gasteiger partial charge in [-0.2, -0.15) is 8.42 Å². The first-order valence-electron chi connectivity index (χ1n) is 12.7. The molecule has 0 saturated carbocycles. The lowest BCUT2D eigenvalue weighted by atomic mass is 9.92. The van der Waals surface area contributed by atoms with Crippen molar-refractivity contribution in [1.82, 2.24) is 0 Å². The number of hydrogen-bond donors (Lipinski definition) is 2. The first kappa shape index (κ1) is 37.9. The SMILES string of the molecule is COC(C)C(CCCCCCCC(=O)Nc1ccc(C)cc1S(=O)(=O)O)C(C)=O.COC(C)CC(C)=O.F. The molecular weight excluding hydrogens is 517 g/mol. The van der Waals surface area contributed by atoms with Crippen LogP contribution in [0.5, 0.6) is 0 Å². The fraction of sp³-hybridized carbons (Fsp3) is 0.667. The molecule has 2 N–H and O–H groups in total. The highest BCUT2D eigenvalue weighted by Crippen LogP contribution is 2.23. The Kier molecular flexibility index (Phi) is 19.8. The predicted octanol–water partition coefficient (Wildman–Crippen LogP) is 5.30. The minimum Gasteiger partial charge on any atom is -0.381 e. The fourth-order valence-electron chi connectivity index (χ4n) is 3.76. The van der Waals surface area contributed by atoms with Gasteiger partial charge in [0.15, 0.2) is 0 Å². The van der Waals surface area contributed by atoms with Gasteiger partial charge in [0.1, 0.15) is 16.5 Å². The molecule has 0 aliphatic carbocycles. The third-order valence-corrected chi connectivity index (χ3v) is 6.94. The number of Topliss-reactive ketones (excluding diaryl/α,β-unsaturated/α-hetero) is 2. The Morgan fingerprint density at radius 1 is 0.974 bits per heavy atom. The van der Waals surface area contributed by atoms with Gasteiger partial charge in [0, 0.05) is 33.0 Å². The number of benzene rings is 1. The van der Waals surface area contributed by atoms with Gasteiger partial charge in [-0.1, -0.05) is 31.7 Å². The Labute approximate surface area is 227 Å². The number of carbonyl (C=O) groups is 3. The summed E-state index contributed by atoms with van der Waals surface area (Å²) in [6, 6.07) is 4.47. The number of hydrogen-bond acceptors (Lipinski definition) is 7. The van der Waals surface area contributed by atoms with Crippen molar-refractivity contribution in [3.05, 3.63) is 23.8 Å². The van der Waals surface area contributed by atoms with Crippen LogP contribution in [0.4, 0.5) is 10.4 Å². The summed E-state index contributed by atoms with van der Waals surface area (Å²) < 4.78 is 42.4. The number of rotatable bonds is 16. The number of ether oxygens (including phenoxy) is 2. The molecular formula is C27H46FNO8S. The number of amides is 1. The molecule has 0 aromatic heterocycles. The van der Waals surface area contributed by atoms with Crippen LogP contribution in [0.2, 0.25) is 0 Å². The summed E-state index contributed by atoms with van der Waals surface area (Å²) in [7, 11) is -1.19. The van der Waals surface area contributed by atoms with Gasteiger partial charge in [0.2, 0.25) is 5.91 Å². The van der Waals surface area contributed by atoms with Gasteiger partial charge < -0.3 is 14.8 Å². The van der Waals surface area contributed by atoms with Gasteiger partial charge >= 0.3 is 0 Å². The van der Waals surface area contributed by atoms with Crippen LogP contribution in [-0.2, 0) is 34.0 Å². The molecule has 1 aromatic carbocycles. The zero-order valence-electron chi connectivity index (χ0n) is 23.7. The maximum absolute atomic E-state index is 12.1. The molecule has 38 heavy (non-hydrogen) atoms. The van der Waals surface area contributed by atoms with E-state index in [1.165, 1.54) is 12.1 Å². The van der Waals surface area contributed by atoms with E-state index in [2.05, 4.69) is 5.32 Å². The van der Waals surface area contributed by atoms with Gasteiger partial charge in [0.05, 0.1) is 17.9 Å².